The number of anilines is 1. The molecule has 0 radical (unpaired) electrons. The first-order valence-corrected chi connectivity index (χ1v) is 11.1. The average molecular weight is 459 g/mol. The van der Waals surface area contributed by atoms with Crippen LogP contribution in [0.2, 0.25) is 0 Å². The molecule has 0 aliphatic carbocycles. The second-order valence-electron chi connectivity index (χ2n) is 6.46. The van der Waals surface area contributed by atoms with Gasteiger partial charge in [0.25, 0.3) is 0 Å². The number of carbonyl (C=O) groups excluding carboxylic acids is 1. The normalized spacial score (nSPS) is 10.9. The number of carbonyl (C=O) groups is 1. The highest BCUT2D eigenvalue weighted by Crippen LogP contribution is 2.29. The Morgan fingerprint density at radius 1 is 1.10 bits per heavy atom. The van der Waals surface area contributed by atoms with Crippen molar-refractivity contribution in [2.75, 3.05) is 5.32 Å². The van der Waals surface area contributed by atoms with Gasteiger partial charge in [0.05, 0.1) is 11.4 Å². The highest BCUT2D eigenvalue weighted by Gasteiger charge is 2.12. The number of thioether (sulfide) groups is 1. The third-order valence-corrected chi connectivity index (χ3v) is 6.12. The van der Waals surface area contributed by atoms with Crippen molar-refractivity contribution in [3.05, 3.63) is 77.3 Å². The number of halogens is 2. The van der Waals surface area contributed by atoms with Crippen LogP contribution in [-0.2, 0) is 17.0 Å². The van der Waals surface area contributed by atoms with E-state index >= 15 is 0 Å². The SMILES string of the molecule is O=C(CCc1nc(CSc2nc(-c3ccccc3)cs2)no1)Nc1cc(F)cc(F)c1. The lowest BCUT2D eigenvalue weighted by atomic mass is 10.2. The molecule has 158 valence electrons. The first kappa shape index (κ1) is 21.1. The van der Waals surface area contributed by atoms with Crippen LogP contribution in [0.5, 0.6) is 0 Å². The number of aryl methyl sites for hydroxylation is 1. The number of benzene rings is 2. The Hall–Kier alpha value is -3.11. The minimum Gasteiger partial charge on any atom is -0.339 e. The molecule has 4 rings (SSSR count). The number of nitrogens with one attached hydrogen (secondary N) is 1. The van der Waals surface area contributed by atoms with Gasteiger partial charge in [-0.25, -0.2) is 13.8 Å². The van der Waals surface area contributed by atoms with E-state index in [1.165, 1.54) is 11.8 Å². The van der Waals surface area contributed by atoms with E-state index in [1.54, 1.807) is 11.3 Å². The number of hydrogen-bond donors (Lipinski definition) is 1. The molecular weight excluding hydrogens is 442 g/mol. The molecule has 0 saturated carbocycles. The van der Waals surface area contributed by atoms with E-state index < -0.39 is 17.5 Å². The minimum absolute atomic E-state index is 0.0415. The third-order valence-electron chi connectivity index (χ3n) is 4.10. The topological polar surface area (TPSA) is 80.9 Å². The van der Waals surface area contributed by atoms with Gasteiger partial charge in [-0.3, -0.25) is 4.79 Å². The molecular formula is C21H16F2N4O2S2. The first-order valence-electron chi connectivity index (χ1n) is 9.26. The molecule has 4 aromatic rings. The van der Waals surface area contributed by atoms with Gasteiger partial charge in [-0.1, -0.05) is 47.3 Å². The van der Waals surface area contributed by atoms with Crippen molar-refractivity contribution in [1.82, 2.24) is 15.1 Å². The van der Waals surface area contributed by atoms with E-state index in [9.17, 15) is 13.6 Å². The van der Waals surface area contributed by atoms with Crippen molar-refractivity contribution in [1.29, 1.82) is 0 Å². The second kappa shape index (κ2) is 9.80. The Morgan fingerprint density at radius 2 is 1.87 bits per heavy atom. The Labute approximate surface area is 184 Å². The Bertz CT molecular complexity index is 1160. The number of hydrogen-bond acceptors (Lipinski definition) is 7. The van der Waals surface area contributed by atoms with Gasteiger partial charge in [0.1, 0.15) is 11.6 Å². The van der Waals surface area contributed by atoms with Crippen molar-refractivity contribution in [3.8, 4) is 11.3 Å². The van der Waals surface area contributed by atoms with Crippen LogP contribution in [0.4, 0.5) is 14.5 Å². The van der Waals surface area contributed by atoms with Gasteiger partial charge in [0.15, 0.2) is 10.2 Å². The van der Waals surface area contributed by atoms with Crippen LogP contribution in [0, 0.1) is 11.6 Å². The van der Waals surface area contributed by atoms with E-state index in [4.69, 9.17) is 4.52 Å². The summed E-state index contributed by atoms with van der Waals surface area (Å²) in [5, 5.41) is 8.37. The van der Waals surface area contributed by atoms with Gasteiger partial charge >= 0.3 is 0 Å². The highest BCUT2D eigenvalue weighted by molar-refractivity contribution is 8.00. The number of aromatic nitrogens is 3. The molecule has 2 heterocycles. The van der Waals surface area contributed by atoms with Gasteiger partial charge in [-0.05, 0) is 12.1 Å². The van der Waals surface area contributed by atoms with Gasteiger partial charge in [-0.15, -0.1) is 11.3 Å². The van der Waals surface area contributed by atoms with Gasteiger partial charge in [0, 0.05) is 35.5 Å². The summed E-state index contributed by atoms with van der Waals surface area (Å²) >= 11 is 3.05. The summed E-state index contributed by atoms with van der Waals surface area (Å²) < 4.78 is 32.4. The van der Waals surface area contributed by atoms with Gasteiger partial charge in [0.2, 0.25) is 11.8 Å². The average Bonchev–Trinajstić information content (AvgIpc) is 3.40. The molecule has 0 unspecified atom stereocenters. The smallest absolute Gasteiger partial charge is 0.227 e. The molecule has 2 aromatic carbocycles. The first-order chi connectivity index (χ1) is 15.0. The number of rotatable bonds is 8. The monoisotopic (exact) mass is 458 g/mol. The fourth-order valence-electron chi connectivity index (χ4n) is 2.71. The minimum atomic E-state index is -0.759. The maximum atomic E-state index is 13.2. The number of nitrogens with zero attached hydrogens (tertiary/aromatic N) is 3. The zero-order valence-corrected chi connectivity index (χ0v) is 17.7. The molecule has 31 heavy (non-hydrogen) atoms. The summed E-state index contributed by atoms with van der Waals surface area (Å²) in [5.41, 5.74) is 2.04. The largest absolute Gasteiger partial charge is 0.339 e. The summed E-state index contributed by atoms with van der Waals surface area (Å²) in [5.74, 6) is -0.615. The van der Waals surface area contributed by atoms with E-state index in [0.717, 1.165) is 33.8 Å². The summed E-state index contributed by atoms with van der Waals surface area (Å²) in [6, 6.07) is 12.8. The van der Waals surface area contributed by atoms with Gasteiger partial charge in [-0.2, -0.15) is 4.98 Å². The summed E-state index contributed by atoms with van der Waals surface area (Å²) in [6.45, 7) is 0. The van der Waals surface area contributed by atoms with E-state index in [2.05, 4.69) is 20.4 Å². The lowest BCUT2D eigenvalue weighted by Gasteiger charge is -2.04. The zero-order valence-electron chi connectivity index (χ0n) is 16.0. The molecule has 1 N–H and O–H groups in total. The predicted molar refractivity (Wildman–Crippen MR) is 115 cm³/mol. The number of amides is 1. The van der Waals surface area contributed by atoms with Crippen LogP contribution in [0.3, 0.4) is 0 Å². The van der Waals surface area contributed by atoms with Crippen molar-refractivity contribution in [2.45, 2.75) is 22.9 Å². The lowest BCUT2D eigenvalue weighted by molar-refractivity contribution is -0.116. The summed E-state index contributed by atoms with van der Waals surface area (Å²) in [4.78, 5) is 20.9. The fourth-order valence-corrected chi connectivity index (χ4v) is 4.39. The predicted octanol–water partition coefficient (Wildman–Crippen LogP) is 5.33. The van der Waals surface area contributed by atoms with Crippen LogP contribution in [-0.4, -0.2) is 21.0 Å². The Morgan fingerprint density at radius 3 is 2.65 bits per heavy atom. The van der Waals surface area contributed by atoms with Gasteiger partial charge < -0.3 is 9.84 Å². The van der Waals surface area contributed by atoms with Crippen molar-refractivity contribution in [3.63, 3.8) is 0 Å². The molecule has 0 saturated heterocycles. The number of thiazole rings is 1. The molecule has 2 aromatic heterocycles. The maximum Gasteiger partial charge on any atom is 0.227 e. The van der Waals surface area contributed by atoms with E-state index in [-0.39, 0.29) is 18.5 Å². The highest BCUT2D eigenvalue weighted by atomic mass is 32.2. The standard InChI is InChI=1S/C21H16F2N4O2S2/c22-14-8-15(23)10-16(9-14)24-19(28)6-7-20-26-18(27-29-20)12-31-21-25-17(11-30-21)13-4-2-1-3-5-13/h1-5,8-11H,6-7,12H2,(H,24,28). The van der Waals surface area contributed by atoms with Crippen molar-refractivity contribution >= 4 is 34.7 Å². The van der Waals surface area contributed by atoms with Crippen LogP contribution >= 0.6 is 23.1 Å². The van der Waals surface area contributed by atoms with Crippen molar-refractivity contribution in [2.24, 2.45) is 0 Å². The van der Waals surface area contributed by atoms with Crippen LogP contribution in [0.15, 0.2) is 62.8 Å². The summed E-state index contributed by atoms with van der Waals surface area (Å²) in [7, 11) is 0. The fraction of sp³-hybridized carbons (Fsp3) is 0.143. The molecule has 0 spiro atoms. The molecule has 10 heteroatoms. The Kier molecular flexibility index (Phi) is 6.68. The van der Waals surface area contributed by atoms with Crippen molar-refractivity contribution < 1.29 is 18.1 Å². The van der Waals surface area contributed by atoms with Crippen LogP contribution < -0.4 is 5.32 Å². The molecule has 0 aliphatic rings. The van der Waals surface area contributed by atoms with E-state index in [0.29, 0.717) is 17.5 Å². The van der Waals surface area contributed by atoms with E-state index in [1.807, 2.05) is 35.7 Å². The van der Waals surface area contributed by atoms with Crippen LogP contribution in [0.1, 0.15) is 18.1 Å². The molecule has 0 atom stereocenters. The summed E-state index contributed by atoms with van der Waals surface area (Å²) in [6.07, 6.45) is 0.260. The third kappa shape index (κ3) is 5.96. The molecule has 0 fully saturated rings. The lowest BCUT2D eigenvalue weighted by Crippen LogP contribution is -2.12. The van der Waals surface area contributed by atoms with Crippen LogP contribution in [0.25, 0.3) is 11.3 Å². The molecule has 0 aliphatic heterocycles. The maximum absolute atomic E-state index is 13.2. The quantitative estimate of drug-likeness (QED) is 0.359. The second-order valence-corrected chi connectivity index (χ2v) is 8.54. The molecule has 1 amide bonds. The molecule has 0 bridgehead atoms. The zero-order chi connectivity index (χ0) is 21.6. The Balaban J connectivity index is 1.26. The molecule has 6 nitrogen and oxygen atoms in total.